The van der Waals surface area contributed by atoms with E-state index in [1.165, 1.54) is 5.56 Å². The monoisotopic (exact) mass is 233 g/mol. The van der Waals surface area contributed by atoms with Crippen LogP contribution in [0.5, 0.6) is 0 Å². The van der Waals surface area contributed by atoms with Crippen molar-refractivity contribution in [2.45, 2.75) is 13.0 Å². The first-order valence-electron chi connectivity index (χ1n) is 5.36. The molecule has 2 rings (SSSR count). The Morgan fingerprint density at radius 1 is 1.35 bits per heavy atom. The number of nitrogens with two attached hydrogens (primary N) is 1. The number of hydrogen-bond acceptors (Lipinski definition) is 5. The average Bonchev–Trinajstić information content (AvgIpc) is 2.80. The van der Waals surface area contributed by atoms with Crippen LogP contribution in [0.15, 0.2) is 28.8 Å². The van der Waals surface area contributed by atoms with E-state index >= 15 is 0 Å². The molecule has 0 bridgehead atoms. The zero-order chi connectivity index (χ0) is 12.3. The summed E-state index contributed by atoms with van der Waals surface area (Å²) in [5.41, 5.74) is 7.88. The minimum Gasteiger partial charge on any atom is -0.383 e. The molecular formula is C12H15N3O2. The Hall–Kier alpha value is -1.72. The zero-order valence-corrected chi connectivity index (χ0v) is 9.88. The highest BCUT2D eigenvalue weighted by Crippen LogP contribution is 2.19. The highest BCUT2D eigenvalue weighted by atomic mass is 16.5. The first-order valence-corrected chi connectivity index (χ1v) is 5.36. The van der Waals surface area contributed by atoms with Crippen LogP contribution in [0.2, 0.25) is 0 Å². The zero-order valence-electron chi connectivity index (χ0n) is 9.88. The predicted molar refractivity (Wildman–Crippen MR) is 63.3 cm³/mol. The number of hydrogen-bond donors (Lipinski definition) is 1. The molecule has 2 aromatic rings. The lowest BCUT2D eigenvalue weighted by atomic mass is 10.1. The van der Waals surface area contributed by atoms with Crippen LogP contribution in [0.1, 0.15) is 17.4 Å². The van der Waals surface area contributed by atoms with Gasteiger partial charge < -0.3 is 15.0 Å². The molecule has 1 atom stereocenters. The van der Waals surface area contributed by atoms with E-state index in [1.54, 1.807) is 7.11 Å². The van der Waals surface area contributed by atoms with Crippen molar-refractivity contribution in [3.63, 3.8) is 0 Å². The van der Waals surface area contributed by atoms with Crippen molar-refractivity contribution < 1.29 is 9.26 Å². The molecule has 0 aliphatic carbocycles. The third kappa shape index (κ3) is 2.69. The van der Waals surface area contributed by atoms with E-state index in [1.807, 2.05) is 31.2 Å². The second-order valence-electron chi connectivity index (χ2n) is 3.89. The number of aromatic nitrogens is 2. The minimum atomic E-state index is -0.358. The van der Waals surface area contributed by atoms with Crippen LogP contribution >= 0.6 is 0 Å². The summed E-state index contributed by atoms with van der Waals surface area (Å²) in [5, 5.41) is 3.84. The summed E-state index contributed by atoms with van der Waals surface area (Å²) in [6.07, 6.45) is 0. The number of rotatable bonds is 4. The first-order chi connectivity index (χ1) is 8.20. The van der Waals surface area contributed by atoms with Gasteiger partial charge in [0.15, 0.2) is 5.82 Å². The molecule has 1 aromatic carbocycles. The minimum absolute atomic E-state index is 0.358. The highest BCUT2D eigenvalue weighted by molar-refractivity contribution is 5.53. The van der Waals surface area contributed by atoms with Gasteiger partial charge in [0.05, 0.1) is 12.6 Å². The number of benzene rings is 1. The van der Waals surface area contributed by atoms with Crippen LogP contribution in [0.25, 0.3) is 11.5 Å². The van der Waals surface area contributed by atoms with Crippen molar-refractivity contribution in [3.8, 4) is 11.5 Å². The molecule has 5 heteroatoms. The summed E-state index contributed by atoms with van der Waals surface area (Å²) in [5.74, 6) is 0.939. The van der Waals surface area contributed by atoms with Gasteiger partial charge in [-0.15, -0.1) is 0 Å². The Morgan fingerprint density at radius 2 is 2.06 bits per heavy atom. The lowest BCUT2D eigenvalue weighted by molar-refractivity contribution is 0.177. The lowest BCUT2D eigenvalue weighted by Crippen LogP contribution is -2.17. The third-order valence-corrected chi connectivity index (χ3v) is 2.42. The second kappa shape index (κ2) is 5.07. The molecule has 1 heterocycles. The van der Waals surface area contributed by atoms with Crippen molar-refractivity contribution in [2.24, 2.45) is 5.73 Å². The van der Waals surface area contributed by atoms with Gasteiger partial charge in [-0.3, -0.25) is 0 Å². The van der Waals surface area contributed by atoms with Crippen molar-refractivity contribution >= 4 is 0 Å². The smallest absolute Gasteiger partial charge is 0.257 e. The Kier molecular flexibility index (Phi) is 3.51. The Morgan fingerprint density at radius 3 is 2.71 bits per heavy atom. The van der Waals surface area contributed by atoms with Crippen LogP contribution < -0.4 is 5.73 Å². The molecular weight excluding hydrogens is 218 g/mol. The molecule has 0 fully saturated rings. The second-order valence-corrected chi connectivity index (χ2v) is 3.89. The Bertz CT molecular complexity index is 479. The van der Waals surface area contributed by atoms with E-state index in [0.29, 0.717) is 18.3 Å². The summed E-state index contributed by atoms with van der Waals surface area (Å²) in [6.45, 7) is 2.39. The van der Waals surface area contributed by atoms with E-state index in [4.69, 9.17) is 15.0 Å². The molecule has 0 radical (unpaired) electrons. The van der Waals surface area contributed by atoms with Gasteiger partial charge in [0, 0.05) is 12.7 Å². The van der Waals surface area contributed by atoms with Crippen molar-refractivity contribution in [2.75, 3.05) is 13.7 Å². The van der Waals surface area contributed by atoms with Crippen LogP contribution in [-0.4, -0.2) is 23.9 Å². The van der Waals surface area contributed by atoms with Crippen LogP contribution in [-0.2, 0) is 4.74 Å². The molecule has 1 unspecified atom stereocenters. The van der Waals surface area contributed by atoms with E-state index in [-0.39, 0.29) is 6.04 Å². The maximum absolute atomic E-state index is 5.81. The van der Waals surface area contributed by atoms with E-state index < -0.39 is 0 Å². The van der Waals surface area contributed by atoms with Crippen LogP contribution in [0.4, 0.5) is 0 Å². The topological polar surface area (TPSA) is 74.2 Å². The predicted octanol–water partition coefficient (Wildman–Crippen LogP) is 1.69. The molecule has 0 spiro atoms. The normalized spacial score (nSPS) is 12.6. The van der Waals surface area contributed by atoms with Gasteiger partial charge >= 0.3 is 0 Å². The summed E-state index contributed by atoms with van der Waals surface area (Å²) < 4.78 is 10.1. The van der Waals surface area contributed by atoms with E-state index in [0.717, 1.165) is 5.56 Å². The molecule has 1 aromatic heterocycles. The van der Waals surface area contributed by atoms with Crippen molar-refractivity contribution in [3.05, 3.63) is 35.7 Å². The average molecular weight is 233 g/mol. The number of nitrogens with zero attached hydrogens (tertiary/aromatic N) is 2. The highest BCUT2D eigenvalue weighted by Gasteiger charge is 2.14. The Balaban J connectivity index is 2.20. The molecule has 0 aliphatic heterocycles. The fourth-order valence-electron chi connectivity index (χ4n) is 1.45. The molecule has 17 heavy (non-hydrogen) atoms. The summed E-state index contributed by atoms with van der Waals surface area (Å²) in [7, 11) is 1.58. The van der Waals surface area contributed by atoms with Gasteiger partial charge in [-0.2, -0.15) is 4.98 Å². The van der Waals surface area contributed by atoms with Crippen molar-refractivity contribution in [1.82, 2.24) is 10.1 Å². The number of aryl methyl sites for hydroxylation is 1. The largest absolute Gasteiger partial charge is 0.383 e. The third-order valence-electron chi connectivity index (χ3n) is 2.42. The van der Waals surface area contributed by atoms with Gasteiger partial charge in [-0.1, -0.05) is 22.9 Å². The van der Waals surface area contributed by atoms with Gasteiger partial charge in [0.25, 0.3) is 5.89 Å². The van der Waals surface area contributed by atoms with Crippen LogP contribution in [0.3, 0.4) is 0 Å². The molecule has 0 saturated carbocycles. The number of ether oxygens (including phenoxy) is 1. The summed E-state index contributed by atoms with van der Waals surface area (Å²) >= 11 is 0. The summed E-state index contributed by atoms with van der Waals surface area (Å²) in [6, 6.07) is 7.51. The molecule has 2 N–H and O–H groups in total. The fraction of sp³-hybridized carbons (Fsp3) is 0.333. The Labute approximate surface area is 99.6 Å². The molecule has 5 nitrogen and oxygen atoms in total. The maximum Gasteiger partial charge on any atom is 0.257 e. The molecule has 0 amide bonds. The molecule has 0 saturated heterocycles. The SMILES string of the molecule is COCC(N)c1noc(-c2ccc(C)cc2)n1. The van der Waals surface area contributed by atoms with Crippen LogP contribution in [0, 0.1) is 6.92 Å². The van der Waals surface area contributed by atoms with Gasteiger partial charge in [0.2, 0.25) is 0 Å². The van der Waals surface area contributed by atoms with E-state index in [9.17, 15) is 0 Å². The fourth-order valence-corrected chi connectivity index (χ4v) is 1.45. The first kappa shape index (κ1) is 11.8. The molecule has 0 aliphatic rings. The lowest BCUT2D eigenvalue weighted by Gasteiger charge is -2.03. The number of methoxy groups -OCH3 is 1. The van der Waals surface area contributed by atoms with E-state index in [2.05, 4.69) is 10.1 Å². The quantitative estimate of drug-likeness (QED) is 0.869. The van der Waals surface area contributed by atoms with Gasteiger partial charge in [0.1, 0.15) is 0 Å². The standard InChI is InChI=1S/C12H15N3O2/c1-8-3-5-9(6-4-8)12-14-11(15-17-12)10(13)7-16-2/h3-6,10H,7,13H2,1-2H3. The van der Waals surface area contributed by atoms with Gasteiger partial charge in [-0.25, -0.2) is 0 Å². The van der Waals surface area contributed by atoms with Gasteiger partial charge in [-0.05, 0) is 19.1 Å². The summed E-state index contributed by atoms with van der Waals surface area (Å²) in [4.78, 5) is 4.25. The van der Waals surface area contributed by atoms with Crippen molar-refractivity contribution in [1.29, 1.82) is 0 Å². The molecule has 90 valence electrons. The maximum atomic E-state index is 5.81.